The van der Waals surface area contributed by atoms with Gasteiger partial charge in [0, 0.05) is 25.4 Å². The van der Waals surface area contributed by atoms with Crippen molar-refractivity contribution < 1.29 is 9.21 Å². The summed E-state index contributed by atoms with van der Waals surface area (Å²) in [4.78, 5) is 11.4. The fourth-order valence-corrected chi connectivity index (χ4v) is 1.43. The molecule has 16 heavy (non-hydrogen) atoms. The summed E-state index contributed by atoms with van der Waals surface area (Å²) in [7, 11) is 0. The second-order valence-electron chi connectivity index (χ2n) is 4.05. The largest absolute Gasteiger partial charge is 0.469 e. The summed E-state index contributed by atoms with van der Waals surface area (Å²) in [6.07, 6.45) is 4.64. The minimum atomic E-state index is 0.0704. The Kier molecular flexibility index (Phi) is 5.64. The first kappa shape index (κ1) is 12.8. The smallest absolute Gasteiger partial charge is 0.220 e. The number of hydrogen-bond donors (Lipinski definition) is 2. The quantitative estimate of drug-likeness (QED) is 0.689. The van der Waals surface area contributed by atoms with E-state index in [0.29, 0.717) is 19.4 Å². The van der Waals surface area contributed by atoms with E-state index in [1.54, 1.807) is 6.26 Å². The fourth-order valence-electron chi connectivity index (χ4n) is 1.43. The van der Waals surface area contributed by atoms with Gasteiger partial charge in [-0.1, -0.05) is 0 Å². The average Bonchev–Trinajstić information content (AvgIpc) is 2.74. The van der Waals surface area contributed by atoms with Crippen molar-refractivity contribution in [1.82, 2.24) is 5.32 Å². The second-order valence-corrected chi connectivity index (χ2v) is 4.05. The molecule has 0 fully saturated rings. The summed E-state index contributed by atoms with van der Waals surface area (Å²) < 4.78 is 5.14. The Balaban J connectivity index is 2.03. The normalized spacial score (nSPS) is 12.4. The van der Waals surface area contributed by atoms with E-state index in [0.717, 1.165) is 18.6 Å². The molecule has 1 rings (SSSR count). The summed E-state index contributed by atoms with van der Waals surface area (Å²) in [5.41, 5.74) is 5.61. The van der Waals surface area contributed by atoms with E-state index in [2.05, 4.69) is 5.32 Å². The second kappa shape index (κ2) is 7.06. The van der Waals surface area contributed by atoms with Gasteiger partial charge in [0.15, 0.2) is 0 Å². The van der Waals surface area contributed by atoms with Crippen LogP contribution in [0.15, 0.2) is 22.8 Å². The number of amides is 1. The van der Waals surface area contributed by atoms with Crippen molar-refractivity contribution in [3.63, 3.8) is 0 Å². The van der Waals surface area contributed by atoms with Crippen LogP contribution in [0.3, 0.4) is 0 Å². The summed E-state index contributed by atoms with van der Waals surface area (Å²) >= 11 is 0. The van der Waals surface area contributed by atoms with Gasteiger partial charge in [-0.25, -0.2) is 0 Å². The summed E-state index contributed by atoms with van der Waals surface area (Å²) in [5.74, 6) is 0.923. The Morgan fingerprint density at radius 1 is 1.62 bits per heavy atom. The molecule has 0 spiro atoms. The molecule has 1 atom stereocenters. The van der Waals surface area contributed by atoms with Gasteiger partial charge in [0.05, 0.1) is 6.26 Å². The lowest BCUT2D eigenvalue weighted by Gasteiger charge is -2.06. The minimum absolute atomic E-state index is 0.0704. The SMILES string of the molecule is CC(N)CCCNC(=O)CCc1ccco1. The zero-order valence-electron chi connectivity index (χ0n) is 9.74. The van der Waals surface area contributed by atoms with Crippen molar-refractivity contribution in [3.8, 4) is 0 Å². The van der Waals surface area contributed by atoms with Crippen LogP contribution in [0, 0.1) is 0 Å². The first-order valence-electron chi connectivity index (χ1n) is 5.73. The zero-order valence-corrected chi connectivity index (χ0v) is 9.74. The van der Waals surface area contributed by atoms with Gasteiger partial charge >= 0.3 is 0 Å². The van der Waals surface area contributed by atoms with Crippen LogP contribution >= 0.6 is 0 Å². The van der Waals surface area contributed by atoms with Crippen molar-refractivity contribution >= 4 is 5.91 Å². The predicted molar refractivity (Wildman–Crippen MR) is 62.9 cm³/mol. The van der Waals surface area contributed by atoms with E-state index in [-0.39, 0.29) is 11.9 Å². The number of nitrogens with two attached hydrogens (primary N) is 1. The van der Waals surface area contributed by atoms with Gasteiger partial charge in [-0.05, 0) is 31.9 Å². The maximum atomic E-state index is 11.4. The van der Waals surface area contributed by atoms with Crippen molar-refractivity contribution in [2.24, 2.45) is 5.73 Å². The molecule has 0 bridgehead atoms. The summed E-state index contributed by atoms with van der Waals surface area (Å²) in [6.45, 7) is 2.68. The molecule has 1 heterocycles. The van der Waals surface area contributed by atoms with E-state index in [1.807, 2.05) is 19.1 Å². The van der Waals surface area contributed by atoms with Crippen LogP contribution in [-0.4, -0.2) is 18.5 Å². The monoisotopic (exact) mass is 224 g/mol. The number of aryl methyl sites for hydroxylation is 1. The van der Waals surface area contributed by atoms with Gasteiger partial charge in [0.25, 0.3) is 0 Å². The van der Waals surface area contributed by atoms with E-state index >= 15 is 0 Å². The maximum absolute atomic E-state index is 11.4. The third-order valence-corrected chi connectivity index (χ3v) is 2.34. The fraction of sp³-hybridized carbons (Fsp3) is 0.583. The number of hydrogen-bond acceptors (Lipinski definition) is 3. The molecule has 0 aromatic carbocycles. The number of rotatable bonds is 7. The molecule has 0 aliphatic heterocycles. The van der Waals surface area contributed by atoms with Crippen LogP contribution in [-0.2, 0) is 11.2 Å². The highest BCUT2D eigenvalue weighted by molar-refractivity contribution is 5.75. The molecule has 4 heteroatoms. The third-order valence-electron chi connectivity index (χ3n) is 2.34. The average molecular weight is 224 g/mol. The van der Waals surface area contributed by atoms with Crippen LogP contribution in [0.1, 0.15) is 31.9 Å². The number of nitrogens with one attached hydrogen (secondary N) is 1. The first-order chi connectivity index (χ1) is 7.68. The van der Waals surface area contributed by atoms with Gasteiger partial charge < -0.3 is 15.5 Å². The highest BCUT2D eigenvalue weighted by atomic mass is 16.3. The molecule has 1 unspecified atom stereocenters. The highest BCUT2D eigenvalue weighted by Gasteiger charge is 2.03. The summed E-state index contributed by atoms with van der Waals surface area (Å²) in [6, 6.07) is 3.92. The van der Waals surface area contributed by atoms with Crippen molar-refractivity contribution in [3.05, 3.63) is 24.2 Å². The molecule has 1 amide bonds. The van der Waals surface area contributed by atoms with Crippen molar-refractivity contribution in [1.29, 1.82) is 0 Å². The van der Waals surface area contributed by atoms with Crippen LogP contribution in [0.25, 0.3) is 0 Å². The van der Waals surface area contributed by atoms with Crippen LogP contribution in [0.2, 0.25) is 0 Å². The van der Waals surface area contributed by atoms with E-state index < -0.39 is 0 Å². The Morgan fingerprint density at radius 2 is 2.44 bits per heavy atom. The molecular formula is C12H20N2O2. The van der Waals surface area contributed by atoms with Crippen LogP contribution < -0.4 is 11.1 Å². The number of furan rings is 1. The Morgan fingerprint density at radius 3 is 3.06 bits per heavy atom. The molecule has 90 valence electrons. The molecule has 0 saturated carbocycles. The molecule has 0 aliphatic rings. The lowest BCUT2D eigenvalue weighted by molar-refractivity contribution is -0.121. The first-order valence-corrected chi connectivity index (χ1v) is 5.73. The Hall–Kier alpha value is -1.29. The molecular weight excluding hydrogens is 204 g/mol. The number of carbonyl (C=O) groups excluding carboxylic acids is 1. The standard InChI is InChI=1S/C12H20N2O2/c1-10(13)4-2-8-14-12(15)7-6-11-5-3-9-16-11/h3,5,9-10H,2,4,6-8,13H2,1H3,(H,14,15). The molecule has 1 aromatic heterocycles. The molecule has 0 saturated heterocycles. The van der Waals surface area contributed by atoms with Gasteiger partial charge in [-0.3, -0.25) is 4.79 Å². The lowest BCUT2D eigenvalue weighted by atomic mass is 10.2. The van der Waals surface area contributed by atoms with Crippen molar-refractivity contribution in [2.45, 2.75) is 38.6 Å². The molecule has 4 nitrogen and oxygen atoms in total. The van der Waals surface area contributed by atoms with Gasteiger partial charge in [-0.15, -0.1) is 0 Å². The Bertz CT molecular complexity index is 294. The highest BCUT2D eigenvalue weighted by Crippen LogP contribution is 2.03. The van der Waals surface area contributed by atoms with Crippen molar-refractivity contribution in [2.75, 3.05) is 6.54 Å². The lowest BCUT2D eigenvalue weighted by Crippen LogP contribution is -2.26. The van der Waals surface area contributed by atoms with E-state index in [9.17, 15) is 4.79 Å². The zero-order chi connectivity index (χ0) is 11.8. The van der Waals surface area contributed by atoms with Crippen LogP contribution in [0.5, 0.6) is 0 Å². The van der Waals surface area contributed by atoms with E-state index in [4.69, 9.17) is 10.2 Å². The molecule has 0 aliphatic carbocycles. The molecule has 1 aromatic rings. The maximum Gasteiger partial charge on any atom is 0.220 e. The Labute approximate surface area is 96.2 Å². The summed E-state index contributed by atoms with van der Waals surface area (Å²) in [5, 5.41) is 2.86. The number of carbonyl (C=O) groups is 1. The van der Waals surface area contributed by atoms with E-state index in [1.165, 1.54) is 0 Å². The van der Waals surface area contributed by atoms with Gasteiger partial charge in [0.1, 0.15) is 5.76 Å². The van der Waals surface area contributed by atoms with Gasteiger partial charge in [-0.2, -0.15) is 0 Å². The third kappa shape index (κ3) is 5.56. The minimum Gasteiger partial charge on any atom is -0.469 e. The topological polar surface area (TPSA) is 68.3 Å². The molecule has 3 N–H and O–H groups in total. The van der Waals surface area contributed by atoms with Crippen LogP contribution in [0.4, 0.5) is 0 Å². The van der Waals surface area contributed by atoms with Gasteiger partial charge in [0.2, 0.25) is 5.91 Å². The molecule has 0 radical (unpaired) electrons. The predicted octanol–water partition coefficient (Wildman–Crippen LogP) is 1.46.